The van der Waals surface area contributed by atoms with Crippen molar-refractivity contribution in [2.75, 3.05) is 25.2 Å². The lowest BCUT2D eigenvalue weighted by Gasteiger charge is -2.01. The van der Waals surface area contributed by atoms with Crippen LogP contribution in [0.1, 0.15) is 12.8 Å². The Labute approximate surface area is 71.6 Å². The quantitative estimate of drug-likeness (QED) is 0.571. The Morgan fingerprint density at radius 3 is 2.82 bits per heavy atom. The summed E-state index contributed by atoms with van der Waals surface area (Å²) in [6.45, 7) is 0.887. The summed E-state index contributed by atoms with van der Waals surface area (Å²) in [6.07, 6.45) is 3.52. The summed E-state index contributed by atoms with van der Waals surface area (Å²) in [5.41, 5.74) is 0. The van der Waals surface area contributed by atoms with Crippen molar-refractivity contribution in [2.45, 2.75) is 12.8 Å². The zero-order chi connectivity index (χ0) is 8.53. The number of nitrogens with one attached hydrogen (secondary N) is 1. The van der Waals surface area contributed by atoms with Crippen molar-refractivity contribution in [3.8, 4) is 0 Å². The van der Waals surface area contributed by atoms with E-state index in [1.165, 1.54) is 11.8 Å². The maximum absolute atomic E-state index is 10.8. The molecule has 2 N–H and O–H groups in total. The molecule has 66 valence electrons. The monoisotopic (exact) mass is 177 g/mol. The highest BCUT2D eigenvalue weighted by molar-refractivity contribution is 7.99. The molecule has 0 aromatic carbocycles. The highest BCUT2D eigenvalue weighted by atomic mass is 32.2. The van der Waals surface area contributed by atoms with E-state index in [-0.39, 0.29) is 12.5 Å². The molecule has 0 spiro atoms. The molecule has 11 heavy (non-hydrogen) atoms. The van der Waals surface area contributed by atoms with Crippen LogP contribution in [0, 0.1) is 0 Å². The van der Waals surface area contributed by atoms with Crippen molar-refractivity contribution >= 4 is 17.7 Å². The molecular formula is C7H15NO2S. The van der Waals surface area contributed by atoms with E-state index >= 15 is 0 Å². The SMILES string of the molecule is CSCC(=O)NCCCCO. The van der Waals surface area contributed by atoms with E-state index < -0.39 is 0 Å². The second-order valence-electron chi connectivity index (χ2n) is 2.21. The minimum atomic E-state index is 0.0791. The number of amides is 1. The number of hydrogen-bond donors (Lipinski definition) is 2. The standard InChI is InChI=1S/C7H15NO2S/c1-11-6-7(10)8-4-2-3-5-9/h9H,2-6H2,1H3,(H,8,10). The maximum Gasteiger partial charge on any atom is 0.229 e. The van der Waals surface area contributed by atoms with Crippen molar-refractivity contribution in [1.29, 1.82) is 0 Å². The molecule has 0 bridgehead atoms. The van der Waals surface area contributed by atoms with Gasteiger partial charge in [0.1, 0.15) is 0 Å². The minimum Gasteiger partial charge on any atom is -0.396 e. The molecule has 0 aliphatic heterocycles. The van der Waals surface area contributed by atoms with Gasteiger partial charge in [-0.1, -0.05) is 0 Å². The highest BCUT2D eigenvalue weighted by Crippen LogP contribution is 1.90. The smallest absolute Gasteiger partial charge is 0.229 e. The van der Waals surface area contributed by atoms with Crippen molar-refractivity contribution in [1.82, 2.24) is 5.32 Å². The number of carbonyl (C=O) groups is 1. The van der Waals surface area contributed by atoms with Crippen LogP contribution in [0.4, 0.5) is 0 Å². The van der Waals surface area contributed by atoms with E-state index in [0.29, 0.717) is 12.3 Å². The Balaban J connectivity index is 3.04. The van der Waals surface area contributed by atoms with E-state index in [9.17, 15) is 4.79 Å². The van der Waals surface area contributed by atoms with Crippen LogP contribution in [0.25, 0.3) is 0 Å². The van der Waals surface area contributed by atoms with Crippen LogP contribution in [-0.2, 0) is 4.79 Å². The fourth-order valence-corrected chi connectivity index (χ4v) is 1.01. The molecule has 0 aromatic heterocycles. The summed E-state index contributed by atoms with van der Waals surface area (Å²) >= 11 is 1.51. The normalized spacial score (nSPS) is 9.64. The molecule has 0 saturated heterocycles. The molecule has 0 aliphatic carbocycles. The first-order chi connectivity index (χ1) is 5.31. The third-order valence-corrected chi connectivity index (χ3v) is 1.73. The van der Waals surface area contributed by atoms with Crippen molar-refractivity contribution in [3.63, 3.8) is 0 Å². The van der Waals surface area contributed by atoms with Gasteiger partial charge in [0.2, 0.25) is 5.91 Å². The third kappa shape index (κ3) is 7.68. The van der Waals surface area contributed by atoms with Gasteiger partial charge in [-0.3, -0.25) is 4.79 Å². The van der Waals surface area contributed by atoms with E-state index in [1.807, 2.05) is 6.26 Å². The predicted molar refractivity (Wildman–Crippen MR) is 47.7 cm³/mol. The average molecular weight is 177 g/mol. The molecule has 0 saturated carbocycles. The predicted octanol–water partition coefficient (Wildman–Crippen LogP) is 0.238. The van der Waals surface area contributed by atoms with Crippen molar-refractivity contribution < 1.29 is 9.90 Å². The molecule has 0 atom stereocenters. The lowest BCUT2D eigenvalue weighted by Crippen LogP contribution is -2.26. The summed E-state index contributed by atoms with van der Waals surface area (Å²) in [7, 11) is 0. The molecule has 0 aliphatic rings. The lowest BCUT2D eigenvalue weighted by molar-refractivity contribution is -0.118. The molecule has 0 radical (unpaired) electrons. The molecule has 1 amide bonds. The average Bonchev–Trinajstić information content (AvgIpc) is 1.99. The van der Waals surface area contributed by atoms with Gasteiger partial charge >= 0.3 is 0 Å². The molecular weight excluding hydrogens is 162 g/mol. The van der Waals surface area contributed by atoms with Gasteiger partial charge < -0.3 is 10.4 Å². The number of hydrogen-bond acceptors (Lipinski definition) is 3. The topological polar surface area (TPSA) is 49.3 Å². The van der Waals surface area contributed by atoms with Crippen LogP contribution in [0.3, 0.4) is 0 Å². The second kappa shape index (κ2) is 7.88. The Kier molecular flexibility index (Phi) is 7.72. The molecule has 0 fully saturated rings. The first kappa shape index (κ1) is 10.8. The maximum atomic E-state index is 10.8. The van der Waals surface area contributed by atoms with Crippen molar-refractivity contribution in [2.24, 2.45) is 0 Å². The number of aliphatic hydroxyl groups is 1. The van der Waals surface area contributed by atoms with Crippen molar-refractivity contribution in [3.05, 3.63) is 0 Å². The number of carbonyl (C=O) groups excluding carboxylic acids is 1. The van der Waals surface area contributed by atoms with E-state index in [0.717, 1.165) is 12.8 Å². The fourth-order valence-electron chi connectivity index (χ4n) is 0.647. The molecule has 0 aromatic rings. The fraction of sp³-hybridized carbons (Fsp3) is 0.857. The number of aliphatic hydroxyl groups excluding tert-OH is 1. The van der Waals surface area contributed by atoms with Gasteiger partial charge in [-0.15, -0.1) is 0 Å². The Morgan fingerprint density at radius 2 is 2.27 bits per heavy atom. The largest absolute Gasteiger partial charge is 0.396 e. The Hall–Kier alpha value is -0.220. The van der Waals surface area contributed by atoms with Gasteiger partial charge in [0.25, 0.3) is 0 Å². The minimum absolute atomic E-state index is 0.0791. The summed E-state index contributed by atoms with van der Waals surface area (Å²) in [4.78, 5) is 10.8. The molecule has 4 heteroatoms. The van der Waals surface area contributed by atoms with Crippen LogP contribution in [0.2, 0.25) is 0 Å². The van der Waals surface area contributed by atoms with Gasteiger partial charge in [-0.2, -0.15) is 11.8 Å². The van der Waals surface area contributed by atoms with Gasteiger partial charge in [-0.05, 0) is 19.1 Å². The van der Waals surface area contributed by atoms with Crippen LogP contribution in [0.5, 0.6) is 0 Å². The van der Waals surface area contributed by atoms with Gasteiger partial charge in [0, 0.05) is 13.2 Å². The van der Waals surface area contributed by atoms with Crippen LogP contribution in [0.15, 0.2) is 0 Å². The zero-order valence-electron chi connectivity index (χ0n) is 6.80. The van der Waals surface area contributed by atoms with Crippen LogP contribution < -0.4 is 5.32 Å². The zero-order valence-corrected chi connectivity index (χ0v) is 7.62. The molecule has 0 heterocycles. The number of rotatable bonds is 6. The summed E-state index contributed by atoms with van der Waals surface area (Å²) in [5, 5.41) is 11.2. The molecule has 3 nitrogen and oxygen atoms in total. The van der Waals surface area contributed by atoms with E-state index in [2.05, 4.69) is 5.32 Å². The van der Waals surface area contributed by atoms with Gasteiger partial charge in [0.15, 0.2) is 0 Å². The van der Waals surface area contributed by atoms with Gasteiger partial charge in [0.05, 0.1) is 5.75 Å². The Morgan fingerprint density at radius 1 is 1.55 bits per heavy atom. The van der Waals surface area contributed by atoms with Gasteiger partial charge in [-0.25, -0.2) is 0 Å². The molecule has 0 unspecified atom stereocenters. The second-order valence-corrected chi connectivity index (χ2v) is 3.08. The third-order valence-electron chi connectivity index (χ3n) is 1.18. The van der Waals surface area contributed by atoms with Crippen LogP contribution in [-0.4, -0.2) is 36.2 Å². The first-order valence-corrected chi connectivity index (χ1v) is 5.07. The first-order valence-electron chi connectivity index (χ1n) is 3.67. The Bertz CT molecular complexity index is 109. The highest BCUT2D eigenvalue weighted by Gasteiger charge is 1.96. The summed E-state index contributed by atoms with van der Waals surface area (Å²) in [6, 6.07) is 0. The van der Waals surface area contributed by atoms with Crippen LogP contribution >= 0.6 is 11.8 Å². The number of unbranched alkanes of at least 4 members (excludes halogenated alkanes) is 1. The molecule has 0 rings (SSSR count). The summed E-state index contributed by atoms with van der Waals surface area (Å²) in [5.74, 6) is 0.606. The van der Waals surface area contributed by atoms with E-state index in [1.54, 1.807) is 0 Å². The summed E-state index contributed by atoms with van der Waals surface area (Å²) < 4.78 is 0. The van der Waals surface area contributed by atoms with E-state index in [4.69, 9.17) is 5.11 Å². The lowest BCUT2D eigenvalue weighted by atomic mass is 10.3. The number of thioether (sulfide) groups is 1.